The van der Waals surface area contributed by atoms with E-state index < -0.39 is 22.8 Å². The number of nitrogens with zero attached hydrogens (tertiary/aromatic N) is 2. The number of non-ortho nitro benzene ring substituents is 1. The van der Waals surface area contributed by atoms with E-state index in [1.165, 1.54) is 18.2 Å². The zero-order chi connectivity index (χ0) is 27.1. The van der Waals surface area contributed by atoms with E-state index in [1.54, 1.807) is 60.7 Å². The van der Waals surface area contributed by atoms with Gasteiger partial charge in [0.05, 0.1) is 17.2 Å². The number of amides is 4. The topological polar surface area (TPSA) is 128 Å². The predicted octanol–water partition coefficient (Wildman–Crippen LogP) is 5.02. The summed E-state index contributed by atoms with van der Waals surface area (Å²) in [6.07, 6.45) is 3.32. The van der Waals surface area contributed by atoms with Gasteiger partial charge in [0.2, 0.25) is 0 Å². The highest BCUT2D eigenvalue weighted by Crippen LogP contribution is 2.25. The highest BCUT2D eigenvalue weighted by molar-refractivity contribution is 6.39. The Morgan fingerprint density at radius 1 is 0.895 bits per heavy atom. The van der Waals surface area contributed by atoms with Crippen LogP contribution in [0.3, 0.4) is 0 Å². The van der Waals surface area contributed by atoms with Crippen LogP contribution in [-0.4, -0.2) is 29.4 Å². The number of ether oxygens (including phenoxy) is 2. The second kappa shape index (κ2) is 11.8. The van der Waals surface area contributed by atoms with Crippen LogP contribution in [0.5, 0.6) is 11.5 Å². The third-order valence-electron chi connectivity index (χ3n) is 5.71. The molecular formula is C28H25N3O7. The third kappa shape index (κ3) is 6.22. The largest absolute Gasteiger partial charge is 0.494 e. The van der Waals surface area contributed by atoms with Crippen LogP contribution < -0.4 is 19.7 Å². The molecular weight excluding hydrogens is 490 g/mol. The first-order chi connectivity index (χ1) is 18.4. The Labute approximate surface area is 218 Å². The highest BCUT2D eigenvalue weighted by atomic mass is 16.6. The average molecular weight is 516 g/mol. The molecule has 10 nitrogen and oxygen atoms in total. The van der Waals surface area contributed by atoms with Crippen LogP contribution in [0.15, 0.2) is 78.4 Å². The van der Waals surface area contributed by atoms with E-state index in [1.807, 2.05) is 0 Å². The van der Waals surface area contributed by atoms with Crippen LogP contribution in [0.4, 0.5) is 16.2 Å². The van der Waals surface area contributed by atoms with Crippen LogP contribution in [0.25, 0.3) is 6.08 Å². The monoisotopic (exact) mass is 515 g/mol. The summed E-state index contributed by atoms with van der Waals surface area (Å²) in [5, 5.41) is 13.0. The predicted molar refractivity (Wildman–Crippen MR) is 140 cm³/mol. The van der Waals surface area contributed by atoms with Crippen molar-refractivity contribution in [2.45, 2.75) is 26.4 Å². The fraction of sp³-hybridized carbons (Fsp3) is 0.179. The van der Waals surface area contributed by atoms with Crippen LogP contribution in [0, 0.1) is 10.1 Å². The van der Waals surface area contributed by atoms with E-state index in [0.29, 0.717) is 29.4 Å². The molecule has 1 aliphatic heterocycles. The minimum Gasteiger partial charge on any atom is -0.494 e. The number of rotatable bonds is 10. The summed E-state index contributed by atoms with van der Waals surface area (Å²) in [6.45, 7) is 2.84. The summed E-state index contributed by atoms with van der Waals surface area (Å²) in [4.78, 5) is 49.2. The third-order valence-corrected chi connectivity index (χ3v) is 5.71. The molecule has 1 fully saturated rings. The van der Waals surface area contributed by atoms with Crippen LogP contribution in [0.1, 0.15) is 30.9 Å². The zero-order valence-electron chi connectivity index (χ0n) is 20.6. The smallest absolute Gasteiger partial charge is 0.335 e. The molecule has 1 aliphatic rings. The number of anilines is 1. The van der Waals surface area contributed by atoms with Gasteiger partial charge in [-0.25, -0.2) is 9.69 Å². The molecule has 3 aromatic carbocycles. The summed E-state index contributed by atoms with van der Waals surface area (Å²) in [5.74, 6) is -0.371. The number of carbonyl (C=O) groups is 3. The molecule has 4 amide bonds. The summed E-state index contributed by atoms with van der Waals surface area (Å²) in [6, 6.07) is 18.4. The second-order valence-electron chi connectivity index (χ2n) is 8.44. The van der Waals surface area contributed by atoms with Crippen molar-refractivity contribution < 1.29 is 28.8 Å². The summed E-state index contributed by atoms with van der Waals surface area (Å²) < 4.78 is 11.3. The number of urea groups is 1. The van der Waals surface area contributed by atoms with Gasteiger partial charge in [-0.05, 0) is 72.2 Å². The minimum absolute atomic E-state index is 0.00106. The summed E-state index contributed by atoms with van der Waals surface area (Å²) >= 11 is 0. The lowest BCUT2D eigenvalue weighted by Gasteiger charge is -2.26. The van der Waals surface area contributed by atoms with Gasteiger partial charge < -0.3 is 9.47 Å². The molecule has 38 heavy (non-hydrogen) atoms. The molecule has 194 valence electrons. The Hall–Kier alpha value is -4.99. The number of benzene rings is 3. The SMILES string of the molecule is CCCCOc1ccc(N2C(=O)NC(=O)/C(=C/c3ccc(OCc4ccc([N+](=O)[O-])cc4)cc3)C2=O)cc1. The normalized spacial score (nSPS) is 14.4. The van der Waals surface area contributed by atoms with Crippen LogP contribution in [-0.2, 0) is 16.2 Å². The van der Waals surface area contributed by atoms with E-state index in [0.717, 1.165) is 23.3 Å². The lowest BCUT2D eigenvalue weighted by atomic mass is 10.1. The number of nitro groups is 1. The maximum absolute atomic E-state index is 13.1. The molecule has 1 N–H and O–H groups in total. The van der Waals surface area contributed by atoms with Crippen molar-refractivity contribution in [3.05, 3.63) is 99.6 Å². The molecule has 0 bridgehead atoms. The highest BCUT2D eigenvalue weighted by Gasteiger charge is 2.36. The standard InChI is InChI=1S/C28H25N3O7/c1-2-3-16-37-23-14-10-21(11-15-23)30-27(33)25(26(32)29-28(30)34)17-19-6-12-24(13-7-19)38-18-20-4-8-22(9-5-20)31(35)36/h4-15,17H,2-3,16,18H2,1H3,(H,29,32,34)/b25-17-. The van der Waals surface area contributed by atoms with E-state index in [9.17, 15) is 24.5 Å². The molecule has 0 radical (unpaired) electrons. The first kappa shape index (κ1) is 26.1. The Morgan fingerprint density at radius 2 is 1.53 bits per heavy atom. The molecule has 0 saturated carbocycles. The number of carbonyl (C=O) groups excluding carboxylic acids is 3. The molecule has 0 spiro atoms. The van der Waals surface area contributed by atoms with Gasteiger partial charge in [0.15, 0.2) is 0 Å². The molecule has 0 aromatic heterocycles. The molecule has 10 heteroatoms. The maximum Gasteiger partial charge on any atom is 0.335 e. The van der Waals surface area contributed by atoms with Crippen LogP contribution in [0.2, 0.25) is 0 Å². The van der Waals surface area contributed by atoms with Crippen molar-refractivity contribution in [2.75, 3.05) is 11.5 Å². The van der Waals surface area contributed by atoms with Crippen molar-refractivity contribution in [1.82, 2.24) is 5.32 Å². The minimum atomic E-state index is -0.827. The number of nitrogens with one attached hydrogen (secondary N) is 1. The summed E-state index contributed by atoms with van der Waals surface area (Å²) in [5.41, 5.74) is 1.44. The van der Waals surface area contributed by atoms with Gasteiger partial charge in [-0.2, -0.15) is 0 Å². The first-order valence-electron chi connectivity index (χ1n) is 12.0. The number of barbiturate groups is 1. The van der Waals surface area contributed by atoms with Crippen molar-refractivity contribution in [3.8, 4) is 11.5 Å². The number of hydrogen-bond donors (Lipinski definition) is 1. The molecule has 3 aromatic rings. The number of hydrogen-bond acceptors (Lipinski definition) is 7. The fourth-order valence-electron chi connectivity index (χ4n) is 3.63. The lowest BCUT2D eigenvalue weighted by Crippen LogP contribution is -2.54. The Kier molecular flexibility index (Phi) is 8.12. The van der Waals surface area contributed by atoms with Crippen molar-refractivity contribution in [2.24, 2.45) is 0 Å². The second-order valence-corrected chi connectivity index (χ2v) is 8.44. The fourth-order valence-corrected chi connectivity index (χ4v) is 3.63. The molecule has 1 saturated heterocycles. The summed E-state index contributed by atoms with van der Waals surface area (Å²) in [7, 11) is 0. The van der Waals surface area contributed by atoms with E-state index in [-0.39, 0.29) is 17.9 Å². The van der Waals surface area contributed by atoms with Gasteiger partial charge in [-0.3, -0.25) is 25.0 Å². The lowest BCUT2D eigenvalue weighted by molar-refractivity contribution is -0.384. The van der Waals surface area contributed by atoms with Crippen molar-refractivity contribution in [1.29, 1.82) is 0 Å². The van der Waals surface area contributed by atoms with Gasteiger partial charge in [0.25, 0.3) is 17.5 Å². The molecule has 4 rings (SSSR count). The molecule has 0 unspecified atom stereocenters. The van der Waals surface area contributed by atoms with E-state index in [2.05, 4.69) is 12.2 Å². The average Bonchev–Trinajstić information content (AvgIpc) is 2.91. The quantitative estimate of drug-likeness (QED) is 0.132. The van der Waals surface area contributed by atoms with E-state index in [4.69, 9.17) is 9.47 Å². The van der Waals surface area contributed by atoms with Gasteiger partial charge >= 0.3 is 6.03 Å². The molecule has 1 heterocycles. The van der Waals surface area contributed by atoms with E-state index >= 15 is 0 Å². The zero-order valence-corrected chi connectivity index (χ0v) is 20.6. The number of unbranched alkanes of at least 4 members (excludes halogenated alkanes) is 1. The van der Waals surface area contributed by atoms with Gasteiger partial charge in [0, 0.05) is 12.1 Å². The molecule has 0 aliphatic carbocycles. The van der Waals surface area contributed by atoms with Gasteiger partial charge in [-0.15, -0.1) is 0 Å². The Morgan fingerprint density at radius 3 is 2.16 bits per heavy atom. The Balaban J connectivity index is 1.44. The van der Waals surface area contributed by atoms with Gasteiger partial charge in [-0.1, -0.05) is 25.5 Å². The van der Waals surface area contributed by atoms with Crippen molar-refractivity contribution >= 4 is 35.3 Å². The van der Waals surface area contributed by atoms with Crippen molar-refractivity contribution in [3.63, 3.8) is 0 Å². The Bertz CT molecular complexity index is 1370. The van der Waals surface area contributed by atoms with Crippen LogP contribution >= 0.6 is 0 Å². The number of imide groups is 2. The van der Waals surface area contributed by atoms with Gasteiger partial charge in [0.1, 0.15) is 23.7 Å². The maximum atomic E-state index is 13.1. The number of nitro benzene ring substituents is 1. The molecule has 0 atom stereocenters. The first-order valence-corrected chi connectivity index (χ1v) is 12.0.